The maximum Gasteiger partial charge on any atom is 0.472 e. The molecule has 0 aromatic carbocycles. The molecule has 0 bridgehead atoms. The van der Waals surface area contributed by atoms with Gasteiger partial charge in [-0.15, -0.1) is 0 Å². The van der Waals surface area contributed by atoms with Crippen LogP contribution in [-0.4, -0.2) is 96.7 Å². The number of hydrogen-bond acceptors (Lipinski definition) is 15. The van der Waals surface area contributed by atoms with E-state index in [1.54, 1.807) is 0 Å². The van der Waals surface area contributed by atoms with Gasteiger partial charge in [-0.1, -0.05) is 341 Å². The zero-order valence-corrected chi connectivity index (χ0v) is 65.2. The molecule has 0 saturated heterocycles. The zero-order valence-electron chi connectivity index (χ0n) is 63.4. The predicted molar refractivity (Wildman–Crippen MR) is 400 cm³/mol. The van der Waals surface area contributed by atoms with Gasteiger partial charge >= 0.3 is 39.5 Å². The van der Waals surface area contributed by atoms with Gasteiger partial charge in [-0.25, -0.2) is 9.13 Å². The molecular weight excluding hydrogens is 1280 g/mol. The van der Waals surface area contributed by atoms with E-state index in [4.69, 9.17) is 37.0 Å². The van der Waals surface area contributed by atoms with Crippen LogP contribution in [0.5, 0.6) is 0 Å². The lowest BCUT2D eigenvalue weighted by atomic mass is 9.99. The summed E-state index contributed by atoms with van der Waals surface area (Å²) in [6, 6.07) is 0. The number of carbonyl (C=O) groups is 4. The molecule has 0 heterocycles. The molecule has 0 aliphatic heterocycles. The summed E-state index contributed by atoms with van der Waals surface area (Å²) < 4.78 is 68.5. The summed E-state index contributed by atoms with van der Waals surface area (Å²) >= 11 is 0. The van der Waals surface area contributed by atoms with Gasteiger partial charge in [0.2, 0.25) is 0 Å². The Hall–Kier alpha value is -2.46. The van der Waals surface area contributed by atoms with Crippen LogP contribution in [0.1, 0.15) is 394 Å². The maximum absolute atomic E-state index is 13.1. The second-order valence-corrected chi connectivity index (χ2v) is 30.9. The van der Waals surface area contributed by atoms with Gasteiger partial charge in [0, 0.05) is 25.7 Å². The Morgan fingerprint density at radius 2 is 0.571 bits per heavy atom. The van der Waals surface area contributed by atoms with Crippen molar-refractivity contribution < 1.29 is 80.2 Å². The zero-order chi connectivity index (χ0) is 71.9. The van der Waals surface area contributed by atoms with Crippen LogP contribution >= 0.6 is 15.6 Å². The lowest BCUT2D eigenvalue weighted by molar-refractivity contribution is -0.161. The van der Waals surface area contributed by atoms with Crippen LogP contribution in [0.4, 0.5) is 0 Å². The van der Waals surface area contributed by atoms with Crippen LogP contribution < -0.4 is 0 Å². The van der Waals surface area contributed by atoms with E-state index in [1.807, 2.05) is 0 Å². The molecule has 17 nitrogen and oxygen atoms in total. The van der Waals surface area contributed by atoms with Crippen molar-refractivity contribution in [2.75, 3.05) is 39.6 Å². The van der Waals surface area contributed by atoms with Crippen molar-refractivity contribution in [2.24, 2.45) is 5.92 Å². The monoisotopic (exact) mass is 1430 g/mol. The van der Waals surface area contributed by atoms with E-state index >= 15 is 0 Å². The number of hydrogen-bond donors (Lipinski definition) is 3. The van der Waals surface area contributed by atoms with Crippen molar-refractivity contribution in [1.29, 1.82) is 0 Å². The minimum Gasteiger partial charge on any atom is -0.462 e. The lowest BCUT2D eigenvalue weighted by Gasteiger charge is -2.21. The van der Waals surface area contributed by atoms with Gasteiger partial charge in [-0.05, 0) is 57.3 Å². The Kier molecular flexibility index (Phi) is 69.7. The average Bonchev–Trinajstić information content (AvgIpc) is 0.947. The SMILES string of the molecule is CCCCCC/C=C\C=C/CCCCCCCC(=O)OC[C@H](COP(=O)(O)OC[C@@H](O)COP(=O)(O)OC[C@@H](COC(=O)CCCCCCCCCCC)OC(=O)CCCCCCCCCCC(C)CC)OC(=O)CCCCCCCCCCCCCCCCCCCCCCCC. The van der Waals surface area contributed by atoms with Crippen molar-refractivity contribution in [3.05, 3.63) is 24.3 Å². The Balaban J connectivity index is 5.22. The van der Waals surface area contributed by atoms with Gasteiger partial charge in [0.05, 0.1) is 26.4 Å². The van der Waals surface area contributed by atoms with E-state index < -0.39 is 97.5 Å². The molecular formula is C79H150O17P2. The number of esters is 4. The normalized spacial score (nSPS) is 14.3. The molecule has 578 valence electrons. The fourth-order valence-electron chi connectivity index (χ4n) is 11.7. The molecule has 0 aliphatic rings. The largest absolute Gasteiger partial charge is 0.472 e. The molecule has 0 fully saturated rings. The Bertz CT molecular complexity index is 1970. The quantitative estimate of drug-likeness (QED) is 0.0169. The van der Waals surface area contributed by atoms with E-state index in [9.17, 15) is 43.2 Å². The van der Waals surface area contributed by atoms with Crippen LogP contribution in [-0.2, 0) is 65.4 Å². The topological polar surface area (TPSA) is 237 Å². The predicted octanol–water partition coefficient (Wildman–Crippen LogP) is 23.2. The highest BCUT2D eigenvalue weighted by molar-refractivity contribution is 7.47. The van der Waals surface area contributed by atoms with E-state index in [2.05, 4.69) is 58.9 Å². The molecule has 3 N–H and O–H groups in total. The van der Waals surface area contributed by atoms with E-state index in [-0.39, 0.29) is 25.7 Å². The Labute approximate surface area is 599 Å². The highest BCUT2D eigenvalue weighted by atomic mass is 31.2. The van der Waals surface area contributed by atoms with Crippen molar-refractivity contribution in [3.8, 4) is 0 Å². The molecule has 0 aliphatic carbocycles. The van der Waals surface area contributed by atoms with E-state index in [0.29, 0.717) is 25.7 Å². The molecule has 0 amide bonds. The average molecular weight is 1430 g/mol. The summed E-state index contributed by atoms with van der Waals surface area (Å²) in [5, 5.41) is 10.6. The third kappa shape index (κ3) is 70.6. The summed E-state index contributed by atoms with van der Waals surface area (Å²) in [5.41, 5.74) is 0. The first-order chi connectivity index (χ1) is 47.6. The number of unbranched alkanes of at least 4 members (excludes halogenated alkanes) is 45. The van der Waals surface area contributed by atoms with Gasteiger partial charge in [0.1, 0.15) is 19.3 Å². The van der Waals surface area contributed by atoms with Crippen molar-refractivity contribution >= 4 is 39.5 Å². The maximum atomic E-state index is 13.1. The fraction of sp³-hybridized carbons (Fsp3) is 0.899. The van der Waals surface area contributed by atoms with E-state index in [0.717, 1.165) is 115 Å². The number of allylic oxidation sites excluding steroid dienone is 4. The smallest absolute Gasteiger partial charge is 0.462 e. The first kappa shape index (κ1) is 95.5. The number of aliphatic hydroxyl groups is 1. The first-order valence-electron chi connectivity index (χ1n) is 40.5. The van der Waals surface area contributed by atoms with Crippen LogP contribution in [0.25, 0.3) is 0 Å². The summed E-state index contributed by atoms with van der Waals surface area (Å²) in [6.07, 6.45) is 64.8. The van der Waals surface area contributed by atoms with Crippen LogP contribution in [0.3, 0.4) is 0 Å². The highest BCUT2D eigenvalue weighted by Gasteiger charge is 2.30. The molecule has 0 radical (unpaired) electrons. The Morgan fingerprint density at radius 1 is 0.327 bits per heavy atom. The van der Waals surface area contributed by atoms with Crippen LogP contribution in [0.2, 0.25) is 0 Å². The third-order valence-corrected chi connectivity index (χ3v) is 20.2. The molecule has 6 atom stereocenters. The highest BCUT2D eigenvalue weighted by Crippen LogP contribution is 2.45. The van der Waals surface area contributed by atoms with Crippen LogP contribution in [0, 0.1) is 5.92 Å². The van der Waals surface area contributed by atoms with Crippen molar-refractivity contribution in [1.82, 2.24) is 0 Å². The standard InChI is InChI=1S/C79H150O17P2/c1-6-10-13-16-19-22-24-26-28-29-30-31-32-33-34-36-38-40-43-49-54-59-64-78(83)95-74(69-90-77(82)63-58-53-48-42-39-37-35-27-25-23-20-17-14-11-7-2)70-93-97(85,86)91-66-73(80)67-92-98(87,88)94-71-75(68-89-76(81)62-57-52-47-41-21-18-15-12-8-3)96-79(84)65-60-55-50-45-44-46-51-56-61-72(5)9-4/h23,25,27,35,72-75,80H,6-22,24,26,28-34,36-71H2,1-5H3,(H,85,86)(H,87,88)/b25-23-,35-27-/t72?,73-,74-,75-/m1/s1. The second-order valence-electron chi connectivity index (χ2n) is 28.0. The fourth-order valence-corrected chi connectivity index (χ4v) is 13.2. The Morgan fingerprint density at radius 3 is 0.867 bits per heavy atom. The minimum absolute atomic E-state index is 0.102. The lowest BCUT2D eigenvalue weighted by Crippen LogP contribution is -2.30. The third-order valence-electron chi connectivity index (χ3n) is 18.3. The van der Waals surface area contributed by atoms with E-state index in [1.165, 1.54) is 199 Å². The molecule has 0 aromatic rings. The molecule has 0 aromatic heterocycles. The van der Waals surface area contributed by atoms with Crippen molar-refractivity contribution in [3.63, 3.8) is 0 Å². The number of aliphatic hydroxyl groups excluding tert-OH is 1. The number of phosphoric ester groups is 2. The number of carbonyl (C=O) groups excluding carboxylic acids is 4. The minimum atomic E-state index is -4.97. The van der Waals surface area contributed by atoms with Gasteiger partial charge in [-0.2, -0.15) is 0 Å². The number of ether oxygens (including phenoxy) is 4. The molecule has 19 heteroatoms. The van der Waals surface area contributed by atoms with Crippen molar-refractivity contribution in [2.45, 2.75) is 412 Å². The number of rotatable bonds is 77. The molecule has 3 unspecified atom stereocenters. The second kappa shape index (κ2) is 71.5. The molecule has 0 rings (SSSR count). The summed E-state index contributed by atoms with van der Waals surface area (Å²) in [7, 11) is -9.92. The van der Waals surface area contributed by atoms with Crippen LogP contribution in [0.15, 0.2) is 24.3 Å². The van der Waals surface area contributed by atoms with Gasteiger partial charge in [-0.3, -0.25) is 37.3 Å². The summed E-state index contributed by atoms with van der Waals surface area (Å²) in [4.78, 5) is 72.8. The van der Waals surface area contributed by atoms with Gasteiger partial charge < -0.3 is 33.8 Å². The van der Waals surface area contributed by atoms with Gasteiger partial charge in [0.15, 0.2) is 12.2 Å². The molecule has 0 spiro atoms. The molecule has 98 heavy (non-hydrogen) atoms. The first-order valence-corrected chi connectivity index (χ1v) is 43.5. The van der Waals surface area contributed by atoms with Gasteiger partial charge in [0.25, 0.3) is 0 Å². The summed E-state index contributed by atoms with van der Waals surface area (Å²) in [6.45, 7) is 7.21. The molecule has 0 saturated carbocycles. The number of phosphoric acid groups is 2. The summed E-state index contributed by atoms with van der Waals surface area (Å²) in [5.74, 6) is -1.38.